The van der Waals surface area contributed by atoms with E-state index in [1.165, 1.54) is 5.56 Å². The smallest absolute Gasteiger partial charge is 0.329 e. The molecule has 23 heavy (non-hydrogen) atoms. The van der Waals surface area contributed by atoms with Crippen LogP contribution < -0.4 is 5.73 Å². The molecule has 0 radical (unpaired) electrons. The Morgan fingerprint density at radius 1 is 1.22 bits per heavy atom. The molecule has 1 amide bonds. The Labute approximate surface area is 134 Å². The second-order valence-electron chi connectivity index (χ2n) is 6.11. The Balaban J connectivity index is 1.99. The number of piperidine rings is 1. The van der Waals surface area contributed by atoms with Crippen LogP contribution in [0.4, 0.5) is 13.2 Å². The first-order valence-corrected chi connectivity index (χ1v) is 8.00. The lowest BCUT2D eigenvalue weighted by molar-refractivity contribution is -0.196. The molecule has 1 aromatic carbocycles. The highest BCUT2D eigenvalue weighted by Gasteiger charge is 2.47. The fourth-order valence-electron chi connectivity index (χ4n) is 2.95. The lowest BCUT2D eigenvalue weighted by Gasteiger charge is -2.39. The molecule has 1 saturated heterocycles. The minimum absolute atomic E-state index is 0.0161. The topological polar surface area (TPSA) is 46.3 Å². The van der Waals surface area contributed by atoms with Crippen molar-refractivity contribution in [2.45, 2.75) is 57.3 Å². The summed E-state index contributed by atoms with van der Waals surface area (Å²) in [5, 5.41) is 0. The van der Waals surface area contributed by atoms with Crippen LogP contribution in [0.3, 0.4) is 0 Å². The van der Waals surface area contributed by atoms with E-state index in [4.69, 9.17) is 5.73 Å². The van der Waals surface area contributed by atoms with E-state index in [-0.39, 0.29) is 25.4 Å². The van der Waals surface area contributed by atoms with Gasteiger partial charge in [-0.1, -0.05) is 31.2 Å². The van der Waals surface area contributed by atoms with E-state index in [0.717, 1.165) is 16.9 Å². The van der Waals surface area contributed by atoms with Crippen molar-refractivity contribution in [2.24, 2.45) is 5.73 Å². The van der Waals surface area contributed by atoms with Gasteiger partial charge >= 0.3 is 6.18 Å². The summed E-state index contributed by atoms with van der Waals surface area (Å²) in [6.45, 7) is 2.03. The van der Waals surface area contributed by atoms with Crippen LogP contribution in [0, 0.1) is 0 Å². The van der Waals surface area contributed by atoms with E-state index < -0.39 is 18.1 Å². The van der Waals surface area contributed by atoms with Gasteiger partial charge in [-0.05, 0) is 36.8 Å². The van der Waals surface area contributed by atoms with Gasteiger partial charge in [-0.2, -0.15) is 13.2 Å². The van der Waals surface area contributed by atoms with Crippen LogP contribution in [0.25, 0.3) is 0 Å². The molecule has 2 atom stereocenters. The molecule has 1 aliphatic heterocycles. The number of carbonyl (C=O) groups excluding carboxylic acids is 1. The second-order valence-corrected chi connectivity index (χ2v) is 6.11. The van der Waals surface area contributed by atoms with Gasteiger partial charge in [0.15, 0.2) is 0 Å². The van der Waals surface area contributed by atoms with Gasteiger partial charge in [0.25, 0.3) is 0 Å². The van der Waals surface area contributed by atoms with Crippen molar-refractivity contribution in [3.05, 3.63) is 35.4 Å². The first-order chi connectivity index (χ1) is 10.8. The predicted molar refractivity (Wildman–Crippen MR) is 82.9 cm³/mol. The maximum absolute atomic E-state index is 13.1. The molecule has 2 N–H and O–H groups in total. The van der Waals surface area contributed by atoms with Crippen LogP contribution in [0.15, 0.2) is 24.3 Å². The summed E-state index contributed by atoms with van der Waals surface area (Å²) < 4.78 is 39.3. The molecule has 1 aliphatic rings. The monoisotopic (exact) mass is 328 g/mol. The van der Waals surface area contributed by atoms with Crippen molar-refractivity contribution >= 4 is 5.91 Å². The number of alkyl halides is 3. The largest absolute Gasteiger partial charge is 0.408 e. The molecule has 0 bridgehead atoms. The van der Waals surface area contributed by atoms with Crippen molar-refractivity contribution < 1.29 is 18.0 Å². The first-order valence-electron chi connectivity index (χ1n) is 8.00. The van der Waals surface area contributed by atoms with Crippen LogP contribution in [-0.2, 0) is 17.6 Å². The minimum atomic E-state index is -4.39. The van der Waals surface area contributed by atoms with Gasteiger partial charge in [0.1, 0.15) is 6.04 Å². The summed E-state index contributed by atoms with van der Waals surface area (Å²) in [5.41, 5.74) is 7.90. The summed E-state index contributed by atoms with van der Waals surface area (Å²) in [7, 11) is 0. The molecule has 0 saturated carbocycles. The van der Waals surface area contributed by atoms with Crippen LogP contribution in [0.1, 0.15) is 37.3 Å². The van der Waals surface area contributed by atoms with Gasteiger partial charge < -0.3 is 10.6 Å². The predicted octanol–water partition coefficient (Wildman–Crippen LogP) is 3.06. The molecule has 1 aromatic rings. The number of nitrogens with two attached hydrogens (primary N) is 1. The normalized spacial score (nSPS) is 22.2. The number of aryl methyl sites for hydroxylation is 2. The van der Waals surface area contributed by atoms with E-state index in [1.807, 2.05) is 24.3 Å². The number of benzene rings is 1. The molecule has 1 heterocycles. The van der Waals surface area contributed by atoms with Crippen molar-refractivity contribution in [1.29, 1.82) is 0 Å². The maximum atomic E-state index is 13.1. The number of hydrogen-bond acceptors (Lipinski definition) is 2. The molecule has 0 unspecified atom stereocenters. The third kappa shape index (κ3) is 4.70. The van der Waals surface area contributed by atoms with E-state index >= 15 is 0 Å². The highest BCUT2D eigenvalue weighted by atomic mass is 19.4. The summed E-state index contributed by atoms with van der Waals surface area (Å²) in [5.74, 6) is -0.470. The second kappa shape index (κ2) is 7.34. The standard InChI is InChI=1S/C17H23F3N2O/c1-2-12-3-5-13(6-4-12)7-10-16(23)22-11-14(21)8-9-15(22)17(18,19)20/h3-6,14-15H,2,7-11,21H2,1H3/t14-,15+/m0/s1. The highest BCUT2D eigenvalue weighted by molar-refractivity contribution is 5.77. The van der Waals surface area contributed by atoms with E-state index in [9.17, 15) is 18.0 Å². The first kappa shape index (κ1) is 17.8. The number of nitrogens with zero attached hydrogens (tertiary/aromatic N) is 1. The number of amides is 1. The molecule has 1 fully saturated rings. The highest BCUT2D eigenvalue weighted by Crippen LogP contribution is 2.32. The lowest BCUT2D eigenvalue weighted by atomic mass is 9.97. The molecular weight excluding hydrogens is 305 g/mol. The van der Waals surface area contributed by atoms with Crippen molar-refractivity contribution in [3.63, 3.8) is 0 Å². The molecular formula is C17H23F3N2O. The van der Waals surface area contributed by atoms with Gasteiger partial charge in [0.05, 0.1) is 0 Å². The Morgan fingerprint density at radius 2 is 1.83 bits per heavy atom. The van der Waals surface area contributed by atoms with E-state index in [1.54, 1.807) is 0 Å². The van der Waals surface area contributed by atoms with Crippen LogP contribution in [0.2, 0.25) is 0 Å². The molecule has 0 aromatic heterocycles. The third-order valence-electron chi connectivity index (χ3n) is 4.38. The maximum Gasteiger partial charge on any atom is 0.408 e. The fraction of sp³-hybridized carbons (Fsp3) is 0.588. The molecule has 3 nitrogen and oxygen atoms in total. The van der Waals surface area contributed by atoms with Gasteiger partial charge in [-0.25, -0.2) is 0 Å². The number of halogens is 3. The molecule has 0 aliphatic carbocycles. The number of carbonyl (C=O) groups is 1. The summed E-state index contributed by atoms with van der Waals surface area (Å²) in [4.78, 5) is 13.2. The molecule has 0 spiro atoms. The number of rotatable bonds is 4. The Kier molecular flexibility index (Phi) is 5.68. The zero-order valence-corrected chi connectivity index (χ0v) is 13.3. The van der Waals surface area contributed by atoms with Gasteiger partial charge in [0.2, 0.25) is 5.91 Å². The van der Waals surface area contributed by atoms with Crippen molar-refractivity contribution in [2.75, 3.05) is 6.54 Å². The lowest BCUT2D eigenvalue weighted by Crippen LogP contribution is -2.56. The molecule has 2 rings (SSSR count). The quantitative estimate of drug-likeness (QED) is 0.923. The van der Waals surface area contributed by atoms with E-state index in [2.05, 4.69) is 6.92 Å². The van der Waals surface area contributed by atoms with Gasteiger partial charge in [-0.3, -0.25) is 4.79 Å². The van der Waals surface area contributed by atoms with Crippen LogP contribution in [0.5, 0.6) is 0 Å². The Hall–Kier alpha value is -1.56. The summed E-state index contributed by atoms with van der Waals surface area (Å²) in [6, 6.07) is 5.74. The Morgan fingerprint density at radius 3 is 2.39 bits per heavy atom. The van der Waals surface area contributed by atoms with Crippen LogP contribution >= 0.6 is 0 Å². The number of hydrogen-bond donors (Lipinski definition) is 1. The minimum Gasteiger partial charge on any atom is -0.329 e. The molecule has 128 valence electrons. The zero-order valence-electron chi connectivity index (χ0n) is 13.3. The zero-order chi connectivity index (χ0) is 17.0. The molecule has 6 heteroatoms. The summed E-state index contributed by atoms with van der Waals surface area (Å²) in [6.07, 6.45) is -2.76. The average Bonchev–Trinajstić information content (AvgIpc) is 2.51. The average molecular weight is 328 g/mol. The van der Waals surface area contributed by atoms with Gasteiger partial charge in [0, 0.05) is 19.0 Å². The Bertz CT molecular complexity index is 528. The summed E-state index contributed by atoms with van der Waals surface area (Å²) >= 11 is 0. The van der Waals surface area contributed by atoms with E-state index in [0.29, 0.717) is 12.8 Å². The third-order valence-corrected chi connectivity index (χ3v) is 4.38. The SMILES string of the molecule is CCc1ccc(CCC(=O)N2C[C@@H](N)CC[C@@H]2C(F)(F)F)cc1. The van der Waals surface area contributed by atoms with Crippen molar-refractivity contribution in [1.82, 2.24) is 4.90 Å². The number of likely N-dealkylation sites (tertiary alicyclic amines) is 1. The van der Waals surface area contributed by atoms with Crippen LogP contribution in [-0.4, -0.2) is 35.6 Å². The van der Waals surface area contributed by atoms with Gasteiger partial charge in [-0.15, -0.1) is 0 Å². The van der Waals surface area contributed by atoms with Crippen molar-refractivity contribution in [3.8, 4) is 0 Å². The fourth-order valence-corrected chi connectivity index (χ4v) is 2.95.